The molecule has 4 nitrogen and oxygen atoms in total. The molecule has 0 aliphatic rings. The number of hydrogen-bond acceptors (Lipinski definition) is 2. The number of para-hydroxylation sites is 3. The Labute approximate surface area is 308 Å². The van der Waals surface area contributed by atoms with Gasteiger partial charge in [-0.3, -0.25) is 4.57 Å². The normalized spacial score (nSPS) is 12.4. The average molecular weight is 685 g/mol. The summed E-state index contributed by atoms with van der Waals surface area (Å²) in [5, 5.41) is 15.9. The number of aromatic nitrogens is 4. The molecular weight excluding hydrogens is 657 g/mol. The molecule has 0 radical (unpaired) electrons. The summed E-state index contributed by atoms with van der Waals surface area (Å²) in [5.74, 6) is 1.59. The number of benzene rings is 9. The van der Waals surface area contributed by atoms with Gasteiger partial charge in [-0.15, -0.1) is 0 Å². The van der Waals surface area contributed by atoms with Crippen LogP contribution in [0.25, 0.3) is 120 Å². The highest BCUT2D eigenvalue weighted by Crippen LogP contribution is 2.47. The molecule has 0 amide bonds. The summed E-state index contributed by atoms with van der Waals surface area (Å²) in [5.41, 5.74) is 7.91. The van der Waals surface area contributed by atoms with E-state index in [1.807, 2.05) is 0 Å². The third-order valence-electron chi connectivity index (χ3n) is 11.8. The van der Waals surface area contributed by atoms with Gasteiger partial charge >= 0.3 is 0 Å². The molecule has 0 unspecified atom stereocenters. The van der Waals surface area contributed by atoms with Crippen LogP contribution < -0.4 is 0 Å². The molecule has 0 saturated carbocycles. The van der Waals surface area contributed by atoms with Crippen molar-refractivity contribution in [3.63, 3.8) is 0 Å². The molecule has 13 aromatic rings. The van der Waals surface area contributed by atoms with Gasteiger partial charge in [0.2, 0.25) is 0 Å². The lowest BCUT2D eigenvalue weighted by atomic mass is 10.00. The molecule has 54 heavy (non-hydrogen) atoms. The summed E-state index contributed by atoms with van der Waals surface area (Å²) < 4.78 is 4.89. The second kappa shape index (κ2) is 10.2. The number of nitrogens with zero attached hydrogens (tertiary/aromatic N) is 4. The fraction of sp³-hybridized carbons (Fsp3) is 0. The van der Waals surface area contributed by atoms with Crippen molar-refractivity contribution in [2.75, 3.05) is 0 Å². The van der Waals surface area contributed by atoms with E-state index in [0.29, 0.717) is 5.82 Å². The summed E-state index contributed by atoms with van der Waals surface area (Å²) in [6, 6.07) is 61.6. The Hall–Kier alpha value is -7.30. The predicted octanol–water partition coefficient (Wildman–Crippen LogP) is 13.0. The van der Waals surface area contributed by atoms with Crippen molar-refractivity contribution in [1.82, 2.24) is 18.9 Å². The largest absolute Gasteiger partial charge is 0.308 e. The third kappa shape index (κ3) is 3.61. The van der Waals surface area contributed by atoms with Gasteiger partial charge < -0.3 is 4.40 Å². The van der Waals surface area contributed by atoms with E-state index < -0.39 is 0 Å². The van der Waals surface area contributed by atoms with Crippen molar-refractivity contribution in [2.45, 2.75) is 0 Å². The molecule has 0 aliphatic carbocycles. The van der Waals surface area contributed by atoms with E-state index in [9.17, 15) is 0 Å². The van der Waals surface area contributed by atoms with Crippen LogP contribution in [0.3, 0.4) is 0 Å². The topological polar surface area (TPSA) is 35.1 Å². The first kappa shape index (κ1) is 28.3. The zero-order valence-corrected chi connectivity index (χ0v) is 29.0. The Morgan fingerprint density at radius 3 is 1.89 bits per heavy atom. The van der Waals surface area contributed by atoms with Crippen LogP contribution in [-0.4, -0.2) is 18.9 Å². The molecule has 4 aromatic heterocycles. The zero-order chi connectivity index (χ0) is 35.1. The highest BCUT2D eigenvalue weighted by atomic mass is 15.1. The second-order valence-electron chi connectivity index (χ2n) is 14.6. The van der Waals surface area contributed by atoms with Gasteiger partial charge in [0, 0.05) is 43.3 Å². The molecule has 13 rings (SSSR count). The van der Waals surface area contributed by atoms with Crippen molar-refractivity contribution < 1.29 is 0 Å². The molecule has 0 spiro atoms. The van der Waals surface area contributed by atoms with E-state index in [0.717, 1.165) is 33.3 Å². The first-order chi connectivity index (χ1) is 26.8. The monoisotopic (exact) mass is 684 g/mol. The smallest absolute Gasteiger partial charge is 0.162 e. The van der Waals surface area contributed by atoms with E-state index in [-0.39, 0.29) is 0 Å². The molecule has 4 heterocycles. The van der Waals surface area contributed by atoms with Crippen LogP contribution in [0.2, 0.25) is 0 Å². The van der Waals surface area contributed by atoms with E-state index in [2.05, 4.69) is 179 Å². The van der Waals surface area contributed by atoms with Crippen molar-refractivity contribution in [2.24, 2.45) is 0 Å². The molecule has 0 N–H and O–H groups in total. The Balaban J connectivity index is 1.18. The van der Waals surface area contributed by atoms with Gasteiger partial charge in [-0.05, 0) is 80.8 Å². The lowest BCUT2D eigenvalue weighted by molar-refractivity contribution is 1.08. The highest BCUT2D eigenvalue weighted by molar-refractivity contribution is 6.36. The van der Waals surface area contributed by atoms with Gasteiger partial charge in [0.1, 0.15) is 5.82 Å². The maximum Gasteiger partial charge on any atom is 0.162 e. The Bertz CT molecular complexity index is 3740. The zero-order valence-electron chi connectivity index (χ0n) is 29.0. The SMILES string of the molecule is c1ccc2cc3c(cc2c1)c1c2c4ccccc4n(-c4nc(-c5ccc6c(ccc7ccccc76)c5)nc5ccccc45)c2cc2c4ccccc4n3c21. The molecule has 0 saturated heterocycles. The number of fused-ring (bicyclic) bond motifs is 15. The first-order valence-electron chi connectivity index (χ1n) is 18.5. The molecule has 0 fully saturated rings. The summed E-state index contributed by atoms with van der Waals surface area (Å²) >= 11 is 0. The van der Waals surface area contributed by atoms with Crippen molar-refractivity contribution in [3.8, 4) is 17.2 Å². The average Bonchev–Trinajstić information content (AvgIpc) is 3.86. The summed E-state index contributed by atoms with van der Waals surface area (Å²) in [6.07, 6.45) is 0. The molecule has 0 bridgehead atoms. The fourth-order valence-electron chi connectivity index (χ4n) is 9.44. The van der Waals surface area contributed by atoms with Crippen molar-refractivity contribution in [3.05, 3.63) is 170 Å². The minimum absolute atomic E-state index is 0.712. The Morgan fingerprint density at radius 1 is 0.352 bits per heavy atom. The van der Waals surface area contributed by atoms with E-state index in [1.165, 1.54) is 81.2 Å². The van der Waals surface area contributed by atoms with Crippen LogP contribution in [0.5, 0.6) is 0 Å². The quantitative estimate of drug-likeness (QED) is 0.170. The van der Waals surface area contributed by atoms with Gasteiger partial charge in [0.05, 0.1) is 33.1 Å². The molecule has 4 heteroatoms. The maximum atomic E-state index is 5.51. The second-order valence-corrected chi connectivity index (χ2v) is 14.6. The van der Waals surface area contributed by atoms with Crippen LogP contribution in [0.4, 0.5) is 0 Å². The molecule has 9 aromatic carbocycles. The standard InChI is InChI=1S/C50H28N4/c1-2-13-31-27-44-40(26-30(31)12-1)47-46-38-17-7-10-20-43(38)54(45(46)28-39-36-15-6-9-19-42(36)53(44)48(39)47)50-37-16-5-8-18-41(37)51-49(52-50)33-23-24-35-32(25-33)22-21-29-11-3-4-14-34(29)35/h1-28H. The minimum atomic E-state index is 0.712. The lowest BCUT2D eigenvalue weighted by Gasteiger charge is -2.13. The Kier molecular flexibility index (Phi) is 5.34. The van der Waals surface area contributed by atoms with Gasteiger partial charge in [-0.25, -0.2) is 9.97 Å². The van der Waals surface area contributed by atoms with E-state index >= 15 is 0 Å². The molecule has 248 valence electrons. The third-order valence-corrected chi connectivity index (χ3v) is 11.8. The minimum Gasteiger partial charge on any atom is -0.308 e. The predicted molar refractivity (Wildman–Crippen MR) is 226 cm³/mol. The van der Waals surface area contributed by atoms with Gasteiger partial charge in [0.15, 0.2) is 5.82 Å². The van der Waals surface area contributed by atoms with Crippen molar-refractivity contribution >= 4 is 103 Å². The molecular formula is C50H28N4. The highest BCUT2D eigenvalue weighted by Gasteiger charge is 2.25. The number of rotatable bonds is 2. The van der Waals surface area contributed by atoms with Crippen LogP contribution in [0.1, 0.15) is 0 Å². The van der Waals surface area contributed by atoms with Gasteiger partial charge in [-0.2, -0.15) is 0 Å². The maximum absolute atomic E-state index is 5.51. The fourth-order valence-corrected chi connectivity index (χ4v) is 9.44. The van der Waals surface area contributed by atoms with Gasteiger partial charge in [0.25, 0.3) is 0 Å². The van der Waals surface area contributed by atoms with E-state index in [1.54, 1.807) is 0 Å². The summed E-state index contributed by atoms with van der Waals surface area (Å²) in [4.78, 5) is 10.7. The first-order valence-corrected chi connectivity index (χ1v) is 18.5. The Morgan fingerprint density at radius 2 is 1.02 bits per heavy atom. The summed E-state index contributed by atoms with van der Waals surface area (Å²) in [7, 11) is 0. The molecule has 0 aliphatic heterocycles. The van der Waals surface area contributed by atoms with Crippen LogP contribution in [0, 0.1) is 0 Å². The van der Waals surface area contributed by atoms with E-state index in [4.69, 9.17) is 9.97 Å². The summed E-state index contributed by atoms with van der Waals surface area (Å²) in [6.45, 7) is 0. The lowest BCUT2D eigenvalue weighted by Crippen LogP contribution is -2.02. The molecule has 0 atom stereocenters. The van der Waals surface area contributed by atoms with Crippen molar-refractivity contribution in [1.29, 1.82) is 0 Å². The van der Waals surface area contributed by atoms with Crippen LogP contribution in [0.15, 0.2) is 170 Å². The van der Waals surface area contributed by atoms with Gasteiger partial charge in [-0.1, -0.05) is 121 Å². The van der Waals surface area contributed by atoms with Crippen LogP contribution in [-0.2, 0) is 0 Å². The number of hydrogen-bond donors (Lipinski definition) is 0. The van der Waals surface area contributed by atoms with Crippen LogP contribution >= 0.6 is 0 Å².